The van der Waals surface area contributed by atoms with Gasteiger partial charge >= 0.3 is 11.9 Å². The molecule has 2 aromatic rings. The molecular weight excluding hydrogens is 404 g/mol. The standard InChI is InChI=1S/C17H27NO2.C9H11NO2/c1-5-7-8-13(6-2)11-14-12-15(18(3)4)9-10-16(14)17(19)20;1-10(2)8-5-3-7(4-6-8)9(11)12/h9-10,12-13H,5-8,11H2,1-4H3,(H,19,20);3-6H,1-2H3,(H,11,12). The molecule has 176 valence electrons. The Morgan fingerprint density at radius 1 is 0.844 bits per heavy atom. The van der Waals surface area contributed by atoms with Crippen LogP contribution in [0.1, 0.15) is 65.8 Å². The average Bonchev–Trinajstić information content (AvgIpc) is 2.76. The van der Waals surface area contributed by atoms with Crippen molar-refractivity contribution in [2.24, 2.45) is 5.92 Å². The lowest BCUT2D eigenvalue weighted by Crippen LogP contribution is -2.13. The Morgan fingerprint density at radius 3 is 1.84 bits per heavy atom. The first-order valence-corrected chi connectivity index (χ1v) is 11.1. The van der Waals surface area contributed by atoms with E-state index in [1.807, 2.05) is 50.1 Å². The minimum absolute atomic E-state index is 0.320. The fourth-order valence-corrected chi connectivity index (χ4v) is 3.39. The maximum absolute atomic E-state index is 11.4. The lowest BCUT2D eigenvalue weighted by molar-refractivity contribution is 0.0685. The molecule has 2 aromatic carbocycles. The van der Waals surface area contributed by atoms with Crippen LogP contribution >= 0.6 is 0 Å². The molecule has 2 rings (SSSR count). The van der Waals surface area contributed by atoms with Gasteiger partial charge in [0.05, 0.1) is 11.1 Å². The molecule has 32 heavy (non-hydrogen) atoms. The number of anilines is 2. The van der Waals surface area contributed by atoms with Gasteiger partial charge in [0.1, 0.15) is 0 Å². The molecule has 0 aliphatic carbocycles. The molecule has 1 unspecified atom stereocenters. The van der Waals surface area contributed by atoms with Gasteiger partial charge < -0.3 is 20.0 Å². The highest BCUT2D eigenvalue weighted by atomic mass is 16.4. The molecular formula is C26H38N2O4. The van der Waals surface area contributed by atoms with Gasteiger partial charge in [0.15, 0.2) is 0 Å². The monoisotopic (exact) mass is 442 g/mol. The summed E-state index contributed by atoms with van der Waals surface area (Å²) in [5, 5.41) is 17.9. The van der Waals surface area contributed by atoms with Crippen LogP contribution in [0, 0.1) is 5.92 Å². The van der Waals surface area contributed by atoms with Crippen molar-refractivity contribution in [1.29, 1.82) is 0 Å². The second-order valence-electron chi connectivity index (χ2n) is 8.41. The number of nitrogens with zero attached hydrogens (tertiary/aromatic N) is 2. The van der Waals surface area contributed by atoms with E-state index < -0.39 is 11.9 Å². The zero-order chi connectivity index (χ0) is 24.3. The topological polar surface area (TPSA) is 81.1 Å². The highest BCUT2D eigenvalue weighted by Gasteiger charge is 2.15. The van der Waals surface area contributed by atoms with E-state index in [4.69, 9.17) is 5.11 Å². The Balaban J connectivity index is 0.000000363. The molecule has 0 fully saturated rings. The number of carboxylic acid groups (broad SMARTS) is 2. The van der Waals surface area contributed by atoms with Gasteiger partial charge in [0.25, 0.3) is 0 Å². The number of hydrogen-bond donors (Lipinski definition) is 2. The first kappa shape index (κ1) is 27.0. The summed E-state index contributed by atoms with van der Waals surface area (Å²) < 4.78 is 0. The summed E-state index contributed by atoms with van der Waals surface area (Å²) >= 11 is 0. The van der Waals surface area contributed by atoms with Crippen molar-refractivity contribution in [3.8, 4) is 0 Å². The molecule has 0 bridgehead atoms. The Labute approximate surface area is 192 Å². The number of carbonyl (C=O) groups is 2. The maximum atomic E-state index is 11.4. The van der Waals surface area contributed by atoms with Crippen molar-refractivity contribution >= 4 is 23.3 Å². The molecule has 0 aromatic heterocycles. The minimum atomic E-state index is -0.889. The van der Waals surface area contributed by atoms with Crippen molar-refractivity contribution in [2.75, 3.05) is 38.0 Å². The van der Waals surface area contributed by atoms with E-state index in [0.29, 0.717) is 17.0 Å². The van der Waals surface area contributed by atoms with E-state index in [1.54, 1.807) is 30.3 Å². The fraction of sp³-hybridized carbons (Fsp3) is 0.462. The Morgan fingerprint density at radius 2 is 1.41 bits per heavy atom. The predicted octanol–water partition coefficient (Wildman–Crippen LogP) is 5.66. The molecule has 1 atom stereocenters. The van der Waals surface area contributed by atoms with Crippen LogP contribution in [0.15, 0.2) is 42.5 Å². The van der Waals surface area contributed by atoms with Gasteiger partial charge in [-0.15, -0.1) is 0 Å². The first-order valence-electron chi connectivity index (χ1n) is 11.1. The van der Waals surface area contributed by atoms with E-state index >= 15 is 0 Å². The van der Waals surface area contributed by atoms with Gasteiger partial charge in [0.2, 0.25) is 0 Å². The Kier molecular flexibility index (Phi) is 11.3. The Bertz CT molecular complexity index is 861. The molecule has 0 aliphatic heterocycles. The zero-order valence-electron chi connectivity index (χ0n) is 20.3. The Hall–Kier alpha value is -3.02. The fourth-order valence-electron chi connectivity index (χ4n) is 3.39. The number of carboxylic acids is 2. The van der Waals surface area contributed by atoms with Gasteiger partial charge in [-0.1, -0.05) is 39.5 Å². The third kappa shape index (κ3) is 8.61. The average molecular weight is 443 g/mol. The molecule has 0 saturated heterocycles. The largest absolute Gasteiger partial charge is 0.478 e. The summed E-state index contributed by atoms with van der Waals surface area (Å²) in [5.41, 5.74) is 3.80. The molecule has 6 heteroatoms. The van der Waals surface area contributed by atoms with Crippen molar-refractivity contribution in [3.05, 3.63) is 59.2 Å². The normalized spacial score (nSPS) is 11.2. The highest BCUT2D eigenvalue weighted by molar-refractivity contribution is 5.90. The van der Waals surface area contributed by atoms with Crippen LogP contribution in [0.2, 0.25) is 0 Å². The molecule has 2 N–H and O–H groups in total. The minimum Gasteiger partial charge on any atom is -0.478 e. The van der Waals surface area contributed by atoms with E-state index in [2.05, 4.69) is 13.8 Å². The van der Waals surface area contributed by atoms with E-state index in [-0.39, 0.29) is 0 Å². The molecule has 0 aliphatic rings. The van der Waals surface area contributed by atoms with Crippen LogP contribution in [0.5, 0.6) is 0 Å². The first-order chi connectivity index (χ1) is 15.1. The summed E-state index contributed by atoms with van der Waals surface area (Å²) in [6, 6.07) is 12.4. The number of unbranched alkanes of at least 4 members (excludes halogenated alkanes) is 1. The highest BCUT2D eigenvalue weighted by Crippen LogP contribution is 2.24. The SMILES string of the molecule is CCCCC(CC)Cc1cc(N(C)C)ccc1C(=O)O.CN(C)c1ccc(C(=O)O)cc1. The summed E-state index contributed by atoms with van der Waals surface area (Å²) in [4.78, 5) is 25.8. The van der Waals surface area contributed by atoms with Crippen LogP contribution in [-0.2, 0) is 6.42 Å². The van der Waals surface area contributed by atoms with Crippen LogP contribution in [-0.4, -0.2) is 50.3 Å². The number of aromatic carboxylic acids is 2. The van der Waals surface area contributed by atoms with Crippen LogP contribution in [0.4, 0.5) is 11.4 Å². The molecule has 0 spiro atoms. The van der Waals surface area contributed by atoms with Crippen molar-refractivity contribution in [2.45, 2.75) is 46.0 Å². The zero-order valence-corrected chi connectivity index (χ0v) is 20.3. The summed E-state index contributed by atoms with van der Waals surface area (Å²) in [7, 11) is 7.79. The number of benzene rings is 2. The second kappa shape index (κ2) is 13.4. The molecule has 0 heterocycles. The maximum Gasteiger partial charge on any atom is 0.335 e. The lowest BCUT2D eigenvalue weighted by Gasteiger charge is -2.19. The number of hydrogen-bond acceptors (Lipinski definition) is 4. The smallest absolute Gasteiger partial charge is 0.335 e. The van der Waals surface area contributed by atoms with Gasteiger partial charge in [-0.2, -0.15) is 0 Å². The quantitative estimate of drug-likeness (QED) is 0.494. The van der Waals surface area contributed by atoms with Crippen LogP contribution < -0.4 is 9.80 Å². The van der Waals surface area contributed by atoms with Gasteiger partial charge in [-0.05, 0) is 60.4 Å². The summed E-state index contributed by atoms with van der Waals surface area (Å²) in [6.45, 7) is 4.39. The van der Waals surface area contributed by atoms with Crippen molar-refractivity contribution < 1.29 is 19.8 Å². The number of rotatable bonds is 10. The molecule has 0 saturated carbocycles. The summed E-state index contributed by atoms with van der Waals surface area (Å²) in [5.74, 6) is -1.14. The van der Waals surface area contributed by atoms with Crippen molar-refractivity contribution in [1.82, 2.24) is 0 Å². The van der Waals surface area contributed by atoms with Gasteiger partial charge in [0, 0.05) is 39.6 Å². The molecule has 6 nitrogen and oxygen atoms in total. The third-order valence-electron chi connectivity index (χ3n) is 5.52. The summed E-state index contributed by atoms with van der Waals surface area (Å²) in [6.07, 6.45) is 5.55. The van der Waals surface area contributed by atoms with Crippen LogP contribution in [0.25, 0.3) is 0 Å². The molecule has 0 amide bonds. The molecule has 0 radical (unpaired) electrons. The van der Waals surface area contributed by atoms with Crippen LogP contribution in [0.3, 0.4) is 0 Å². The van der Waals surface area contributed by atoms with Gasteiger partial charge in [-0.3, -0.25) is 0 Å². The predicted molar refractivity (Wildman–Crippen MR) is 132 cm³/mol. The third-order valence-corrected chi connectivity index (χ3v) is 5.52. The lowest BCUT2D eigenvalue weighted by atomic mass is 9.89. The van der Waals surface area contributed by atoms with Crippen molar-refractivity contribution in [3.63, 3.8) is 0 Å². The van der Waals surface area contributed by atoms with E-state index in [1.165, 1.54) is 19.3 Å². The van der Waals surface area contributed by atoms with Gasteiger partial charge in [-0.25, -0.2) is 9.59 Å². The van der Waals surface area contributed by atoms with E-state index in [0.717, 1.165) is 29.8 Å². The van der Waals surface area contributed by atoms with E-state index in [9.17, 15) is 14.7 Å². The second-order valence-corrected chi connectivity index (χ2v) is 8.41.